The van der Waals surface area contributed by atoms with E-state index in [4.69, 9.17) is 10.2 Å². The summed E-state index contributed by atoms with van der Waals surface area (Å²) in [5, 5.41) is 17.1. The van der Waals surface area contributed by atoms with Gasteiger partial charge in [-0.2, -0.15) is 13.5 Å². The monoisotopic (exact) mass is 233 g/mol. The standard InChI is InChI=1S/C5H9F2NO5S/c1-2(9)3(4(10)11)8-14(12,13)5(6)7/h2-3,5,8-9H,1H3,(H,10,11)/t2-,3+/m1/s1. The summed E-state index contributed by atoms with van der Waals surface area (Å²) in [7, 11) is -5.01. The molecule has 0 saturated heterocycles. The van der Waals surface area contributed by atoms with Gasteiger partial charge in [0, 0.05) is 0 Å². The zero-order valence-electron chi connectivity index (χ0n) is 7.02. The summed E-state index contributed by atoms with van der Waals surface area (Å²) < 4.78 is 45.7. The van der Waals surface area contributed by atoms with E-state index in [-0.39, 0.29) is 0 Å². The molecule has 0 heterocycles. The predicted molar refractivity (Wildman–Crippen MR) is 41.2 cm³/mol. The first-order valence-electron chi connectivity index (χ1n) is 3.38. The van der Waals surface area contributed by atoms with Gasteiger partial charge in [0.25, 0.3) is 10.0 Å². The molecule has 0 spiro atoms. The van der Waals surface area contributed by atoms with Crippen molar-refractivity contribution in [3.63, 3.8) is 0 Å². The lowest BCUT2D eigenvalue weighted by atomic mass is 10.2. The van der Waals surface area contributed by atoms with Crippen molar-refractivity contribution in [2.45, 2.75) is 24.8 Å². The van der Waals surface area contributed by atoms with Crippen molar-refractivity contribution in [1.29, 1.82) is 0 Å². The number of carbonyl (C=O) groups is 1. The molecule has 9 heteroatoms. The van der Waals surface area contributed by atoms with E-state index < -0.39 is 33.9 Å². The molecule has 0 aliphatic rings. The Kier molecular flexibility index (Phi) is 4.36. The Hall–Kier alpha value is -0.800. The van der Waals surface area contributed by atoms with Crippen molar-refractivity contribution in [3.8, 4) is 0 Å². The van der Waals surface area contributed by atoms with E-state index in [1.807, 2.05) is 0 Å². The average Bonchev–Trinajstić information content (AvgIpc) is 1.98. The van der Waals surface area contributed by atoms with Crippen molar-refractivity contribution in [1.82, 2.24) is 4.72 Å². The minimum Gasteiger partial charge on any atom is -0.480 e. The van der Waals surface area contributed by atoms with E-state index in [9.17, 15) is 22.0 Å². The number of nitrogens with one attached hydrogen (secondary N) is 1. The molecular weight excluding hydrogens is 224 g/mol. The maximum atomic E-state index is 11.8. The molecule has 0 unspecified atom stereocenters. The highest BCUT2D eigenvalue weighted by molar-refractivity contribution is 7.89. The second-order valence-electron chi connectivity index (χ2n) is 2.48. The van der Waals surface area contributed by atoms with E-state index >= 15 is 0 Å². The number of aliphatic carboxylic acids is 1. The van der Waals surface area contributed by atoms with Crippen LogP contribution in [0.2, 0.25) is 0 Å². The number of halogens is 2. The first-order valence-corrected chi connectivity index (χ1v) is 4.93. The molecule has 0 fully saturated rings. The molecule has 0 aromatic rings. The molecule has 0 saturated carbocycles. The fraction of sp³-hybridized carbons (Fsp3) is 0.800. The Morgan fingerprint density at radius 2 is 1.86 bits per heavy atom. The molecule has 14 heavy (non-hydrogen) atoms. The lowest BCUT2D eigenvalue weighted by Crippen LogP contribution is -2.49. The zero-order valence-corrected chi connectivity index (χ0v) is 7.83. The van der Waals surface area contributed by atoms with E-state index in [1.54, 1.807) is 0 Å². The number of rotatable bonds is 5. The summed E-state index contributed by atoms with van der Waals surface area (Å²) in [5.74, 6) is -5.47. The van der Waals surface area contributed by atoms with E-state index in [1.165, 1.54) is 0 Å². The van der Waals surface area contributed by atoms with Crippen LogP contribution in [0.15, 0.2) is 0 Å². The first kappa shape index (κ1) is 13.2. The third kappa shape index (κ3) is 3.52. The number of sulfonamides is 1. The fourth-order valence-electron chi connectivity index (χ4n) is 0.584. The van der Waals surface area contributed by atoms with Crippen LogP contribution in [-0.4, -0.2) is 42.5 Å². The van der Waals surface area contributed by atoms with Gasteiger partial charge in [0.1, 0.15) is 6.04 Å². The van der Waals surface area contributed by atoms with Gasteiger partial charge in [-0.1, -0.05) is 0 Å². The molecule has 0 amide bonds. The van der Waals surface area contributed by atoms with E-state index in [2.05, 4.69) is 0 Å². The van der Waals surface area contributed by atoms with Gasteiger partial charge >= 0.3 is 11.7 Å². The number of alkyl halides is 2. The Morgan fingerprint density at radius 1 is 1.43 bits per heavy atom. The Balaban J connectivity index is 4.71. The molecule has 0 aromatic carbocycles. The van der Waals surface area contributed by atoms with Crippen LogP contribution in [0, 0.1) is 0 Å². The molecule has 2 atom stereocenters. The second kappa shape index (κ2) is 4.62. The summed E-state index contributed by atoms with van der Waals surface area (Å²) in [4.78, 5) is 10.3. The quantitative estimate of drug-likeness (QED) is 0.563. The Morgan fingerprint density at radius 3 is 2.07 bits per heavy atom. The molecule has 0 radical (unpaired) electrons. The summed E-state index contributed by atoms with van der Waals surface area (Å²) in [6.07, 6.45) is -1.61. The van der Waals surface area contributed by atoms with Crippen molar-refractivity contribution < 1.29 is 32.2 Å². The van der Waals surface area contributed by atoms with Crippen LogP contribution in [0.4, 0.5) is 8.78 Å². The predicted octanol–water partition coefficient (Wildman–Crippen LogP) is -1.04. The molecule has 6 nitrogen and oxygen atoms in total. The van der Waals surface area contributed by atoms with Crippen LogP contribution in [0.1, 0.15) is 6.92 Å². The van der Waals surface area contributed by atoms with Gasteiger partial charge in [0.2, 0.25) is 0 Å². The van der Waals surface area contributed by atoms with Gasteiger partial charge in [-0.05, 0) is 6.92 Å². The SMILES string of the molecule is C[C@@H](O)[C@H](NS(=O)(=O)C(F)F)C(=O)O. The fourth-order valence-corrected chi connectivity index (χ4v) is 1.34. The van der Waals surface area contributed by atoms with Crippen molar-refractivity contribution in [3.05, 3.63) is 0 Å². The first-order chi connectivity index (χ1) is 6.18. The molecule has 0 aromatic heterocycles. The van der Waals surface area contributed by atoms with Crippen LogP contribution >= 0.6 is 0 Å². The van der Waals surface area contributed by atoms with Crippen molar-refractivity contribution in [2.24, 2.45) is 0 Å². The molecule has 3 N–H and O–H groups in total. The minimum atomic E-state index is -5.01. The number of hydrogen-bond acceptors (Lipinski definition) is 4. The van der Waals surface area contributed by atoms with Crippen LogP contribution in [0.25, 0.3) is 0 Å². The summed E-state index contributed by atoms with van der Waals surface area (Å²) >= 11 is 0. The van der Waals surface area contributed by atoms with Crippen LogP contribution < -0.4 is 4.72 Å². The lowest BCUT2D eigenvalue weighted by Gasteiger charge is -2.16. The number of carboxylic acids is 1. The third-order valence-corrected chi connectivity index (χ3v) is 2.33. The van der Waals surface area contributed by atoms with Gasteiger partial charge in [-0.15, -0.1) is 0 Å². The van der Waals surface area contributed by atoms with Gasteiger partial charge in [-0.3, -0.25) is 4.79 Å². The Bertz CT molecular complexity index is 301. The lowest BCUT2D eigenvalue weighted by molar-refractivity contribution is -0.141. The average molecular weight is 233 g/mol. The normalized spacial score (nSPS) is 16.6. The summed E-state index contributed by atoms with van der Waals surface area (Å²) in [5.41, 5.74) is 0. The van der Waals surface area contributed by atoms with Gasteiger partial charge in [-0.25, -0.2) is 8.42 Å². The van der Waals surface area contributed by atoms with Crippen LogP contribution in [-0.2, 0) is 14.8 Å². The number of hydrogen-bond donors (Lipinski definition) is 3. The second-order valence-corrected chi connectivity index (χ2v) is 4.16. The minimum absolute atomic E-state index is 0.965. The number of aliphatic hydroxyl groups excluding tert-OH is 1. The van der Waals surface area contributed by atoms with Crippen molar-refractivity contribution >= 4 is 16.0 Å². The number of carboxylic acid groups (broad SMARTS) is 1. The highest BCUT2D eigenvalue weighted by Gasteiger charge is 2.33. The molecule has 0 bridgehead atoms. The van der Waals surface area contributed by atoms with Crippen molar-refractivity contribution in [2.75, 3.05) is 0 Å². The van der Waals surface area contributed by atoms with Crippen LogP contribution in [0.5, 0.6) is 0 Å². The Labute approximate surface area is 78.6 Å². The maximum absolute atomic E-state index is 11.8. The highest BCUT2D eigenvalue weighted by atomic mass is 32.2. The topological polar surface area (TPSA) is 104 Å². The van der Waals surface area contributed by atoms with E-state index in [0.29, 0.717) is 0 Å². The smallest absolute Gasteiger partial charge is 0.350 e. The molecular formula is C5H9F2NO5S. The molecule has 0 aliphatic carbocycles. The summed E-state index contributed by atoms with van der Waals surface area (Å²) in [6.45, 7) is 0.965. The molecule has 84 valence electrons. The van der Waals surface area contributed by atoms with E-state index in [0.717, 1.165) is 11.6 Å². The largest absolute Gasteiger partial charge is 0.480 e. The summed E-state index contributed by atoms with van der Waals surface area (Å²) in [6, 6.07) is -1.98. The molecule has 0 rings (SSSR count). The zero-order chi connectivity index (χ0) is 11.5. The van der Waals surface area contributed by atoms with Gasteiger partial charge < -0.3 is 10.2 Å². The third-order valence-electron chi connectivity index (χ3n) is 1.27. The number of aliphatic hydroxyl groups is 1. The highest BCUT2D eigenvalue weighted by Crippen LogP contribution is 2.05. The maximum Gasteiger partial charge on any atom is 0.350 e. The van der Waals surface area contributed by atoms with Gasteiger partial charge in [0.15, 0.2) is 0 Å². The van der Waals surface area contributed by atoms with Gasteiger partial charge in [0.05, 0.1) is 6.10 Å². The molecule has 0 aliphatic heterocycles. The van der Waals surface area contributed by atoms with Crippen LogP contribution in [0.3, 0.4) is 0 Å².